The molecule has 1 amide bonds. The van der Waals surface area contributed by atoms with Gasteiger partial charge < -0.3 is 10.1 Å². The van der Waals surface area contributed by atoms with Gasteiger partial charge in [-0.05, 0) is 38.1 Å². The number of amides is 1. The first-order chi connectivity index (χ1) is 14.0. The number of hydrogen-bond acceptors (Lipinski definition) is 6. The van der Waals surface area contributed by atoms with Crippen molar-refractivity contribution in [2.24, 2.45) is 0 Å². The number of ether oxygens (including phenoxy) is 1. The first-order valence-corrected chi connectivity index (χ1v) is 8.91. The van der Waals surface area contributed by atoms with Crippen LogP contribution in [0.3, 0.4) is 0 Å². The fourth-order valence-corrected chi connectivity index (χ4v) is 3.01. The van der Waals surface area contributed by atoms with Crippen molar-refractivity contribution in [2.45, 2.75) is 13.8 Å². The molecule has 0 aliphatic heterocycles. The third-order valence-electron chi connectivity index (χ3n) is 4.33. The number of rotatable bonds is 5. The maximum atomic E-state index is 12.6. The van der Waals surface area contributed by atoms with Gasteiger partial charge in [0.15, 0.2) is 5.82 Å². The zero-order chi connectivity index (χ0) is 20.4. The van der Waals surface area contributed by atoms with Crippen LogP contribution in [0.25, 0.3) is 17.1 Å². The van der Waals surface area contributed by atoms with Crippen molar-refractivity contribution >= 4 is 11.7 Å². The molecule has 0 aliphatic carbocycles. The maximum absolute atomic E-state index is 12.6. The van der Waals surface area contributed by atoms with Crippen molar-refractivity contribution in [1.29, 1.82) is 0 Å². The number of anilines is 1. The number of nitrogens with zero attached hydrogens (tertiary/aromatic N) is 5. The van der Waals surface area contributed by atoms with Gasteiger partial charge in [-0.1, -0.05) is 12.1 Å². The van der Waals surface area contributed by atoms with E-state index in [1.165, 1.54) is 6.33 Å². The molecule has 0 unspecified atom stereocenters. The summed E-state index contributed by atoms with van der Waals surface area (Å²) >= 11 is 0. The van der Waals surface area contributed by atoms with Crippen molar-refractivity contribution in [3.05, 3.63) is 65.9 Å². The number of aryl methyl sites for hydroxylation is 2. The zero-order valence-corrected chi connectivity index (χ0v) is 16.2. The maximum Gasteiger partial charge on any atom is 0.274 e. The normalized spacial score (nSPS) is 10.7. The molecule has 146 valence electrons. The molecule has 9 nitrogen and oxygen atoms in total. The third kappa shape index (κ3) is 3.70. The van der Waals surface area contributed by atoms with Crippen LogP contribution in [0, 0.1) is 13.8 Å². The number of methoxy groups -OCH3 is 1. The molecule has 4 rings (SSSR count). The number of aromatic nitrogens is 6. The molecule has 29 heavy (non-hydrogen) atoms. The van der Waals surface area contributed by atoms with Gasteiger partial charge in [0, 0.05) is 17.3 Å². The standard InChI is InChI=1S/C20H19N7O2/c1-12-8-13(2)27(26-12)19-10-18(21-11-22-19)23-20(28)16-9-15(24-25-16)14-6-4-5-7-17(14)29-3/h4-11H,1-3H3,(H,24,25)(H,21,22,23,28). The van der Waals surface area contributed by atoms with Crippen LogP contribution in [0.4, 0.5) is 5.82 Å². The lowest BCUT2D eigenvalue weighted by Gasteiger charge is -2.06. The Labute approximate surface area is 166 Å². The fourth-order valence-electron chi connectivity index (χ4n) is 3.01. The highest BCUT2D eigenvalue weighted by atomic mass is 16.5. The van der Waals surface area contributed by atoms with E-state index in [1.54, 1.807) is 23.9 Å². The second-order valence-electron chi connectivity index (χ2n) is 6.42. The van der Waals surface area contributed by atoms with Gasteiger partial charge in [-0.2, -0.15) is 10.2 Å². The van der Waals surface area contributed by atoms with Crippen LogP contribution in [-0.4, -0.2) is 43.0 Å². The average molecular weight is 389 g/mol. The molecule has 9 heteroatoms. The number of benzene rings is 1. The minimum absolute atomic E-state index is 0.303. The third-order valence-corrected chi connectivity index (χ3v) is 4.33. The van der Waals surface area contributed by atoms with E-state index in [0.717, 1.165) is 17.0 Å². The Morgan fingerprint density at radius 3 is 2.72 bits per heavy atom. The summed E-state index contributed by atoms with van der Waals surface area (Å²) in [4.78, 5) is 21.0. The Hall–Kier alpha value is -4.01. The van der Waals surface area contributed by atoms with Crippen molar-refractivity contribution in [3.63, 3.8) is 0 Å². The van der Waals surface area contributed by atoms with Crippen LogP contribution in [0.5, 0.6) is 5.75 Å². The largest absolute Gasteiger partial charge is 0.496 e. The van der Waals surface area contributed by atoms with Crippen LogP contribution in [-0.2, 0) is 0 Å². The van der Waals surface area contributed by atoms with E-state index in [0.29, 0.717) is 28.8 Å². The molecule has 2 N–H and O–H groups in total. The van der Waals surface area contributed by atoms with Crippen molar-refractivity contribution in [1.82, 2.24) is 29.9 Å². The molecular formula is C20H19N7O2. The highest BCUT2D eigenvalue weighted by Gasteiger charge is 2.15. The van der Waals surface area contributed by atoms with Crippen molar-refractivity contribution in [3.8, 4) is 22.8 Å². The lowest BCUT2D eigenvalue weighted by molar-refractivity contribution is 0.102. The van der Waals surface area contributed by atoms with Crippen LogP contribution < -0.4 is 10.1 Å². The summed E-state index contributed by atoms with van der Waals surface area (Å²) < 4.78 is 7.05. The Bertz CT molecular complexity index is 1180. The van der Waals surface area contributed by atoms with E-state index in [9.17, 15) is 4.79 Å². The summed E-state index contributed by atoms with van der Waals surface area (Å²) in [7, 11) is 1.59. The van der Waals surface area contributed by atoms with E-state index < -0.39 is 0 Å². The molecule has 4 aromatic rings. The molecule has 0 aliphatic rings. The van der Waals surface area contributed by atoms with E-state index in [4.69, 9.17) is 4.74 Å². The number of aromatic amines is 1. The molecule has 0 radical (unpaired) electrons. The Kier molecular flexibility index (Phi) is 4.78. The Morgan fingerprint density at radius 1 is 1.14 bits per heavy atom. The molecule has 0 bridgehead atoms. The van der Waals surface area contributed by atoms with Crippen LogP contribution in [0.1, 0.15) is 21.9 Å². The van der Waals surface area contributed by atoms with E-state index in [1.807, 2.05) is 44.2 Å². The number of hydrogen-bond donors (Lipinski definition) is 2. The molecule has 3 heterocycles. The first-order valence-electron chi connectivity index (χ1n) is 8.91. The number of carbonyl (C=O) groups is 1. The predicted molar refractivity (Wildman–Crippen MR) is 107 cm³/mol. The highest BCUT2D eigenvalue weighted by Crippen LogP contribution is 2.28. The first kappa shape index (κ1) is 18.4. The number of H-pyrrole nitrogens is 1. The summed E-state index contributed by atoms with van der Waals surface area (Å²) in [6.07, 6.45) is 1.38. The minimum Gasteiger partial charge on any atom is -0.496 e. The van der Waals surface area contributed by atoms with Crippen LogP contribution >= 0.6 is 0 Å². The topological polar surface area (TPSA) is 111 Å². The van der Waals surface area contributed by atoms with Gasteiger partial charge in [-0.25, -0.2) is 14.6 Å². The average Bonchev–Trinajstić information content (AvgIpc) is 3.34. The number of carbonyl (C=O) groups excluding carboxylic acids is 1. The molecule has 0 fully saturated rings. The summed E-state index contributed by atoms with van der Waals surface area (Å²) in [5.74, 6) is 1.24. The fraction of sp³-hybridized carbons (Fsp3) is 0.150. The van der Waals surface area contributed by atoms with Gasteiger partial charge in [0.05, 0.1) is 18.5 Å². The Morgan fingerprint density at radius 2 is 1.97 bits per heavy atom. The Balaban J connectivity index is 1.56. The molecule has 3 aromatic heterocycles. The van der Waals surface area contributed by atoms with Gasteiger partial charge in [-0.3, -0.25) is 9.89 Å². The van der Waals surface area contributed by atoms with Crippen LogP contribution in [0.15, 0.2) is 48.8 Å². The second kappa shape index (κ2) is 7.55. The van der Waals surface area contributed by atoms with Gasteiger partial charge in [-0.15, -0.1) is 0 Å². The van der Waals surface area contributed by atoms with E-state index >= 15 is 0 Å². The van der Waals surface area contributed by atoms with Gasteiger partial charge in [0.25, 0.3) is 5.91 Å². The summed E-state index contributed by atoms with van der Waals surface area (Å²) in [5.41, 5.74) is 3.52. The van der Waals surface area contributed by atoms with E-state index in [2.05, 4.69) is 30.6 Å². The lowest BCUT2D eigenvalue weighted by Crippen LogP contribution is -2.14. The predicted octanol–water partition coefficient (Wildman–Crippen LogP) is 2.93. The molecule has 0 saturated carbocycles. The zero-order valence-electron chi connectivity index (χ0n) is 16.2. The van der Waals surface area contributed by atoms with Crippen LogP contribution in [0.2, 0.25) is 0 Å². The summed E-state index contributed by atoms with van der Waals surface area (Å²) in [6.45, 7) is 3.84. The molecular weight excluding hydrogens is 370 g/mol. The van der Waals surface area contributed by atoms with Gasteiger partial charge >= 0.3 is 0 Å². The summed E-state index contributed by atoms with van der Waals surface area (Å²) in [6, 6.07) is 12.7. The van der Waals surface area contributed by atoms with Gasteiger partial charge in [0.1, 0.15) is 23.6 Å². The summed E-state index contributed by atoms with van der Waals surface area (Å²) in [5, 5.41) is 14.1. The lowest BCUT2D eigenvalue weighted by atomic mass is 10.1. The quantitative estimate of drug-likeness (QED) is 0.543. The number of para-hydroxylation sites is 1. The molecule has 1 aromatic carbocycles. The molecule has 0 saturated heterocycles. The van der Waals surface area contributed by atoms with Crippen molar-refractivity contribution in [2.75, 3.05) is 12.4 Å². The number of nitrogens with one attached hydrogen (secondary N) is 2. The smallest absolute Gasteiger partial charge is 0.274 e. The van der Waals surface area contributed by atoms with Gasteiger partial charge in [0.2, 0.25) is 0 Å². The highest BCUT2D eigenvalue weighted by molar-refractivity contribution is 6.03. The minimum atomic E-state index is -0.364. The molecule has 0 spiro atoms. The van der Waals surface area contributed by atoms with E-state index in [-0.39, 0.29) is 5.91 Å². The SMILES string of the molecule is COc1ccccc1-c1cc(C(=O)Nc2cc(-n3nc(C)cc3C)ncn2)[nH]n1. The molecule has 0 atom stereocenters. The monoisotopic (exact) mass is 389 g/mol. The van der Waals surface area contributed by atoms with Crippen molar-refractivity contribution < 1.29 is 9.53 Å². The second-order valence-corrected chi connectivity index (χ2v) is 6.42.